The van der Waals surface area contributed by atoms with Crippen LogP contribution in [0.1, 0.15) is 11.1 Å². The Morgan fingerprint density at radius 1 is 1.24 bits per heavy atom. The number of aromatic nitrogens is 2. The Hall–Kier alpha value is -1.56. The van der Waals surface area contributed by atoms with Crippen LogP contribution in [0.15, 0.2) is 33.2 Å². The number of thiophene rings is 1. The molecule has 0 saturated carbocycles. The van der Waals surface area contributed by atoms with E-state index in [9.17, 15) is 9.59 Å². The molecule has 2 heterocycles. The topological polar surface area (TPSA) is 54.9 Å². The Morgan fingerprint density at radius 3 is 2.71 bits per heavy atom. The van der Waals surface area contributed by atoms with Gasteiger partial charge in [0.2, 0.25) is 0 Å². The van der Waals surface area contributed by atoms with Crippen molar-refractivity contribution in [3.05, 3.63) is 65.6 Å². The van der Waals surface area contributed by atoms with Crippen molar-refractivity contribution >= 4 is 44.8 Å². The number of fused-ring (bicyclic) bond motifs is 1. The molecule has 0 atom stereocenters. The van der Waals surface area contributed by atoms with Gasteiger partial charge in [-0.2, -0.15) is 0 Å². The number of nitrogens with zero attached hydrogens (tertiary/aromatic N) is 1. The van der Waals surface area contributed by atoms with Crippen molar-refractivity contribution in [2.75, 3.05) is 0 Å². The second-order valence-corrected chi connectivity index (χ2v) is 6.39. The van der Waals surface area contributed by atoms with Crippen LogP contribution in [0, 0.1) is 6.92 Å². The van der Waals surface area contributed by atoms with E-state index in [1.807, 2.05) is 12.3 Å². The third-order valence-corrected chi connectivity index (χ3v) is 4.98. The number of halogens is 2. The molecule has 0 amide bonds. The Morgan fingerprint density at radius 2 is 2.00 bits per heavy atom. The predicted octanol–water partition coefficient (Wildman–Crippen LogP) is 3.41. The average molecular weight is 341 g/mol. The Kier molecular flexibility index (Phi) is 3.65. The van der Waals surface area contributed by atoms with Crippen LogP contribution in [0.25, 0.3) is 10.2 Å². The maximum absolute atomic E-state index is 12.5. The summed E-state index contributed by atoms with van der Waals surface area (Å²) in [6.07, 6.45) is 0. The normalized spacial score (nSPS) is 11.2. The lowest BCUT2D eigenvalue weighted by molar-refractivity contribution is 0.712. The number of hydrogen-bond acceptors (Lipinski definition) is 3. The molecular formula is C14H10Cl2N2O2S. The van der Waals surface area contributed by atoms with Crippen molar-refractivity contribution in [1.29, 1.82) is 0 Å². The summed E-state index contributed by atoms with van der Waals surface area (Å²) in [5, 5.41) is 3.24. The van der Waals surface area contributed by atoms with Gasteiger partial charge in [-0.25, -0.2) is 4.79 Å². The van der Waals surface area contributed by atoms with Gasteiger partial charge in [0.15, 0.2) is 0 Å². The van der Waals surface area contributed by atoms with Gasteiger partial charge in [0.1, 0.15) is 4.83 Å². The zero-order valence-electron chi connectivity index (χ0n) is 10.9. The lowest BCUT2D eigenvalue weighted by Gasteiger charge is -2.06. The van der Waals surface area contributed by atoms with Crippen LogP contribution in [0.2, 0.25) is 10.0 Å². The quantitative estimate of drug-likeness (QED) is 0.777. The highest BCUT2D eigenvalue weighted by Gasteiger charge is 2.12. The minimum Gasteiger partial charge on any atom is -0.298 e. The van der Waals surface area contributed by atoms with Crippen LogP contribution in [0.3, 0.4) is 0 Å². The first kappa shape index (κ1) is 14.4. The first-order valence-corrected chi connectivity index (χ1v) is 7.76. The molecule has 3 aromatic rings. The van der Waals surface area contributed by atoms with E-state index in [-0.39, 0.29) is 12.1 Å². The third kappa shape index (κ3) is 2.52. The number of aryl methyl sites for hydroxylation is 1. The monoisotopic (exact) mass is 340 g/mol. The van der Waals surface area contributed by atoms with Crippen LogP contribution in [-0.4, -0.2) is 9.55 Å². The van der Waals surface area contributed by atoms with Crippen LogP contribution in [0.5, 0.6) is 0 Å². The van der Waals surface area contributed by atoms with Gasteiger partial charge < -0.3 is 0 Å². The summed E-state index contributed by atoms with van der Waals surface area (Å²) in [6, 6.07) is 5.04. The number of rotatable bonds is 2. The third-order valence-electron chi connectivity index (χ3n) is 3.22. The van der Waals surface area contributed by atoms with Crippen LogP contribution < -0.4 is 11.2 Å². The molecule has 2 aromatic heterocycles. The van der Waals surface area contributed by atoms with Gasteiger partial charge in [0.25, 0.3) is 5.56 Å². The van der Waals surface area contributed by atoms with Gasteiger partial charge >= 0.3 is 5.69 Å². The number of nitrogens with one attached hydrogen (secondary N) is 1. The highest BCUT2D eigenvalue weighted by atomic mass is 35.5. The van der Waals surface area contributed by atoms with Crippen molar-refractivity contribution in [2.45, 2.75) is 13.5 Å². The Bertz CT molecular complexity index is 956. The molecule has 3 rings (SSSR count). The maximum atomic E-state index is 12.5. The zero-order valence-corrected chi connectivity index (χ0v) is 13.3. The molecule has 0 aliphatic rings. The maximum Gasteiger partial charge on any atom is 0.329 e. The van der Waals surface area contributed by atoms with Gasteiger partial charge in [-0.3, -0.25) is 14.3 Å². The van der Waals surface area contributed by atoms with E-state index < -0.39 is 5.69 Å². The molecular weight excluding hydrogens is 331 g/mol. The van der Waals surface area contributed by atoms with E-state index >= 15 is 0 Å². The van der Waals surface area contributed by atoms with E-state index in [1.165, 1.54) is 15.9 Å². The minimum absolute atomic E-state index is 0.149. The molecule has 0 aliphatic heterocycles. The van der Waals surface area contributed by atoms with Crippen LogP contribution in [-0.2, 0) is 6.54 Å². The van der Waals surface area contributed by atoms with Crippen molar-refractivity contribution in [2.24, 2.45) is 0 Å². The zero-order chi connectivity index (χ0) is 15.1. The van der Waals surface area contributed by atoms with E-state index in [0.717, 1.165) is 11.1 Å². The van der Waals surface area contributed by atoms with Gasteiger partial charge in [0, 0.05) is 0 Å². The highest BCUT2D eigenvalue weighted by Crippen LogP contribution is 2.23. The summed E-state index contributed by atoms with van der Waals surface area (Å²) in [5.74, 6) is 0. The van der Waals surface area contributed by atoms with E-state index in [1.54, 1.807) is 18.2 Å². The second kappa shape index (κ2) is 5.33. The van der Waals surface area contributed by atoms with Crippen molar-refractivity contribution in [3.8, 4) is 0 Å². The number of H-pyrrole nitrogens is 1. The second-order valence-electron chi connectivity index (χ2n) is 4.69. The molecule has 7 heteroatoms. The summed E-state index contributed by atoms with van der Waals surface area (Å²) in [7, 11) is 0. The molecule has 0 fully saturated rings. The van der Waals surface area contributed by atoms with Crippen molar-refractivity contribution < 1.29 is 0 Å². The lowest BCUT2D eigenvalue weighted by Crippen LogP contribution is -2.35. The lowest BCUT2D eigenvalue weighted by atomic mass is 10.2. The largest absolute Gasteiger partial charge is 0.329 e. The smallest absolute Gasteiger partial charge is 0.298 e. The SMILES string of the molecule is Cc1csc2[nH]c(=O)n(Cc3ccc(Cl)c(Cl)c3)c(=O)c12. The molecule has 0 unspecified atom stereocenters. The predicted molar refractivity (Wildman–Crippen MR) is 87.0 cm³/mol. The van der Waals surface area contributed by atoms with Crippen LogP contribution >= 0.6 is 34.5 Å². The average Bonchev–Trinajstić information content (AvgIpc) is 2.80. The van der Waals surface area contributed by atoms with Crippen LogP contribution in [0.4, 0.5) is 0 Å². The molecule has 1 N–H and O–H groups in total. The van der Waals surface area contributed by atoms with Crippen molar-refractivity contribution in [1.82, 2.24) is 9.55 Å². The summed E-state index contributed by atoms with van der Waals surface area (Å²) in [6.45, 7) is 2.00. The molecule has 108 valence electrons. The molecule has 4 nitrogen and oxygen atoms in total. The van der Waals surface area contributed by atoms with E-state index in [0.29, 0.717) is 20.3 Å². The summed E-state index contributed by atoms with van der Waals surface area (Å²) >= 11 is 13.2. The molecule has 0 radical (unpaired) electrons. The molecule has 0 aliphatic carbocycles. The summed E-state index contributed by atoms with van der Waals surface area (Å²) in [4.78, 5) is 27.9. The number of aromatic amines is 1. The minimum atomic E-state index is -0.430. The van der Waals surface area contributed by atoms with Crippen molar-refractivity contribution in [3.63, 3.8) is 0 Å². The first-order valence-electron chi connectivity index (χ1n) is 6.12. The van der Waals surface area contributed by atoms with E-state index in [2.05, 4.69) is 4.98 Å². The van der Waals surface area contributed by atoms with Gasteiger partial charge in [-0.05, 0) is 35.6 Å². The summed E-state index contributed by atoms with van der Waals surface area (Å²) < 4.78 is 1.17. The summed E-state index contributed by atoms with van der Waals surface area (Å²) in [5.41, 5.74) is 0.877. The van der Waals surface area contributed by atoms with E-state index in [4.69, 9.17) is 23.2 Å². The first-order chi connectivity index (χ1) is 9.97. The standard InChI is InChI=1S/C14H10Cl2N2O2S/c1-7-6-21-12-11(7)13(19)18(14(20)17-12)5-8-2-3-9(15)10(16)4-8/h2-4,6H,5H2,1H3,(H,17,20). The molecule has 0 saturated heterocycles. The number of hydrogen-bond donors (Lipinski definition) is 1. The fraction of sp³-hybridized carbons (Fsp3) is 0.143. The Balaban J connectivity index is 2.16. The molecule has 0 bridgehead atoms. The number of benzene rings is 1. The van der Waals surface area contributed by atoms with Gasteiger partial charge in [-0.15, -0.1) is 11.3 Å². The fourth-order valence-corrected chi connectivity index (χ4v) is 3.40. The molecule has 1 aromatic carbocycles. The van der Waals surface area contributed by atoms with Gasteiger partial charge in [-0.1, -0.05) is 29.3 Å². The fourth-order valence-electron chi connectivity index (χ4n) is 2.16. The van der Waals surface area contributed by atoms with Gasteiger partial charge in [0.05, 0.1) is 22.0 Å². The Labute approximate surface area is 133 Å². The highest BCUT2D eigenvalue weighted by molar-refractivity contribution is 7.16. The molecule has 21 heavy (non-hydrogen) atoms. The molecule has 0 spiro atoms.